The summed E-state index contributed by atoms with van der Waals surface area (Å²) < 4.78 is 16.6. The summed E-state index contributed by atoms with van der Waals surface area (Å²) in [6.07, 6.45) is 5.97. The second-order valence-corrected chi connectivity index (χ2v) is 4.41. The van der Waals surface area contributed by atoms with Gasteiger partial charge in [0.15, 0.2) is 0 Å². The Bertz CT molecular complexity index is 728. The summed E-state index contributed by atoms with van der Waals surface area (Å²) in [4.78, 5) is 4.42. The monoisotopic (exact) mass is 259 g/mol. The van der Waals surface area contributed by atoms with Gasteiger partial charge in [0.05, 0.1) is 6.20 Å². The average molecular weight is 259 g/mol. The van der Waals surface area contributed by atoms with E-state index in [9.17, 15) is 4.39 Å². The van der Waals surface area contributed by atoms with E-state index in [4.69, 9.17) is 5.73 Å². The molecule has 0 atom stereocenters. The molecule has 0 fully saturated rings. The van der Waals surface area contributed by atoms with Gasteiger partial charge >= 0.3 is 0 Å². The molecule has 3 aromatic rings. The molecule has 0 unspecified atom stereocenters. The second kappa shape index (κ2) is 4.38. The summed E-state index contributed by atoms with van der Waals surface area (Å²) >= 11 is 0. The van der Waals surface area contributed by atoms with Crippen molar-refractivity contribution in [2.45, 2.75) is 19.9 Å². The first-order valence-electron chi connectivity index (χ1n) is 6.15. The molecular weight excluding hydrogens is 245 g/mol. The van der Waals surface area contributed by atoms with Gasteiger partial charge in [-0.3, -0.25) is 9.08 Å². The van der Waals surface area contributed by atoms with Crippen LogP contribution in [0.25, 0.3) is 16.9 Å². The van der Waals surface area contributed by atoms with E-state index in [0.717, 1.165) is 18.5 Å². The van der Waals surface area contributed by atoms with Crippen molar-refractivity contribution in [3.8, 4) is 11.3 Å². The number of imidazole rings is 1. The van der Waals surface area contributed by atoms with Crippen molar-refractivity contribution in [2.75, 3.05) is 5.73 Å². The third-order valence-corrected chi connectivity index (χ3v) is 2.98. The predicted molar refractivity (Wildman–Crippen MR) is 71.1 cm³/mol. The lowest BCUT2D eigenvalue weighted by Gasteiger charge is -1.97. The maximum Gasteiger partial charge on any atom is 0.140 e. The first-order valence-corrected chi connectivity index (χ1v) is 6.15. The molecule has 3 heterocycles. The summed E-state index contributed by atoms with van der Waals surface area (Å²) in [5, 5.41) is 4.25. The number of nitrogen functional groups attached to an aromatic ring is 1. The van der Waals surface area contributed by atoms with Crippen LogP contribution in [0.3, 0.4) is 0 Å². The molecule has 0 bridgehead atoms. The van der Waals surface area contributed by atoms with Crippen LogP contribution >= 0.6 is 0 Å². The van der Waals surface area contributed by atoms with E-state index in [2.05, 4.69) is 17.0 Å². The molecule has 0 aliphatic rings. The Kier molecular flexibility index (Phi) is 2.70. The van der Waals surface area contributed by atoms with E-state index in [1.54, 1.807) is 16.7 Å². The zero-order chi connectivity index (χ0) is 13.4. The molecule has 0 spiro atoms. The molecule has 2 N–H and O–H groups in total. The van der Waals surface area contributed by atoms with Gasteiger partial charge in [0.2, 0.25) is 0 Å². The van der Waals surface area contributed by atoms with Crippen LogP contribution < -0.4 is 5.73 Å². The number of aromatic nitrogens is 4. The highest BCUT2D eigenvalue weighted by Crippen LogP contribution is 2.26. The number of halogens is 1. The number of hydrogen-bond donors (Lipinski definition) is 1. The normalized spacial score (nSPS) is 11.3. The minimum atomic E-state index is -0.343. The van der Waals surface area contributed by atoms with Crippen LogP contribution in [0, 0.1) is 5.82 Å². The first kappa shape index (κ1) is 11.7. The lowest BCUT2D eigenvalue weighted by Crippen LogP contribution is -1.96. The third-order valence-electron chi connectivity index (χ3n) is 2.98. The Morgan fingerprint density at radius 3 is 2.95 bits per heavy atom. The molecule has 0 amide bonds. The molecule has 3 aromatic heterocycles. The van der Waals surface area contributed by atoms with Crippen molar-refractivity contribution in [1.82, 2.24) is 19.2 Å². The van der Waals surface area contributed by atoms with E-state index in [0.29, 0.717) is 17.2 Å². The van der Waals surface area contributed by atoms with Crippen LogP contribution in [0.15, 0.2) is 30.7 Å². The smallest absolute Gasteiger partial charge is 0.140 e. The van der Waals surface area contributed by atoms with Crippen LogP contribution in [-0.4, -0.2) is 19.2 Å². The highest BCUT2D eigenvalue weighted by atomic mass is 19.1. The van der Waals surface area contributed by atoms with Gasteiger partial charge in [0.25, 0.3) is 0 Å². The average Bonchev–Trinajstić information content (AvgIpc) is 2.96. The zero-order valence-corrected chi connectivity index (χ0v) is 10.5. The minimum Gasteiger partial charge on any atom is -0.383 e. The maximum atomic E-state index is 13.2. The van der Waals surface area contributed by atoms with Crippen LogP contribution in [0.4, 0.5) is 10.2 Å². The SMILES string of the molecule is CCCn1cc(-c2nc3ccc(F)cn3c2N)cn1. The number of fused-ring (bicyclic) bond motifs is 1. The number of nitrogens with zero attached hydrogens (tertiary/aromatic N) is 4. The second-order valence-electron chi connectivity index (χ2n) is 4.41. The van der Waals surface area contributed by atoms with Gasteiger partial charge in [-0.25, -0.2) is 9.37 Å². The molecule has 0 aliphatic heterocycles. The predicted octanol–water partition coefficient (Wildman–Crippen LogP) is 2.33. The molecule has 0 radical (unpaired) electrons. The fourth-order valence-corrected chi connectivity index (χ4v) is 2.09. The Morgan fingerprint density at radius 1 is 1.32 bits per heavy atom. The van der Waals surface area contributed by atoms with E-state index < -0.39 is 0 Å². The minimum absolute atomic E-state index is 0.343. The van der Waals surface area contributed by atoms with Crippen LogP contribution in [-0.2, 0) is 6.54 Å². The first-order chi connectivity index (χ1) is 9.19. The number of aryl methyl sites for hydroxylation is 1. The van der Waals surface area contributed by atoms with E-state index in [1.165, 1.54) is 12.3 Å². The van der Waals surface area contributed by atoms with Gasteiger partial charge < -0.3 is 5.73 Å². The quantitative estimate of drug-likeness (QED) is 0.785. The Balaban J connectivity index is 2.11. The number of anilines is 1. The zero-order valence-electron chi connectivity index (χ0n) is 10.5. The van der Waals surface area contributed by atoms with Gasteiger partial charge in [-0.1, -0.05) is 6.92 Å². The largest absolute Gasteiger partial charge is 0.383 e. The van der Waals surface area contributed by atoms with Crippen molar-refractivity contribution < 1.29 is 4.39 Å². The number of pyridine rings is 1. The van der Waals surface area contributed by atoms with Crippen molar-refractivity contribution in [2.24, 2.45) is 0 Å². The van der Waals surface area contributed by atoms with Crippen molar-refractivity contribution >= 4 is 11.5 Å². The van der Waals surface area contributed by atoms with E-state index >= 15 is 0 Å². The van der Waals surface area contributed by atoms with Crippen LogP contribution in [0.5, 0.6) is 0 Å². The summed E-state index contributed by atoms with van der Waals surface area (Å²) in [7, 11) is 0. The molecule has 0 saturated carbocycles. The molecule has 19 heavy (non-hydrogen) atoms. The van der Waals surface area contributed by atoms with Gasteiger partial charge in [-0.15, -0.1) is 0 Å². The number of rotatable bonds is 3. The van der Waals surface area contributed by atoms with Gasteiger partial charge in [-0.2, -0.15) is 5.10 Å². The topological polar surface area (TPSA) is 61.1 Å². The highest BCUT2D eigenvalue weighted by Gasteiger charge is 2.13. The Labute approximate surface area is 109 Å². The summed E-state index contributed by atoms with van der Waals surface area (Å²) in [5.41, 5.74) is 8.12. The van der Waals surface area contributed by atoms with E-state index in [-0.39, 0.29) is 5.82 Å². The van der Waals surface area contributed by atoms with Crippen molar-refractivity contribution in [3.05, 3.63) is 36.5 Å². The van der Waals surface area contributed by atoms with Gasteiger partial charge in [-0.05, 0) is 18.6 Å². The fraction of sp³-hybridized carbons (Fsp3) is 0.231. The van der Waals surface area contributed by atoms with Crippen molar-refractivity contribution in [1.29, 1.82) is 0 Å². The molecule has 0 aromatic carbocycles. The summed E-state index contributed by atoms with van der Waals surface area (Å²) in [6, 6.07) is 2.97. The molecule has 6 heteroatoms. The molecule has 3 rings (SSSR count). The van der Waals surface area contributed by atoms with Gasteiger partial charge in [0, 0.05) is 24.5 Å². The van der Waals surface area contributed by atoms with Gasteiger partial charge in [0.1, 0.15) is 23.0 Å². The molecule has 0 saturated heterocycles. The summed E-state index contributed by atoms with van der Waals surface area (Å²) in [5.74, 6) is 0.0791. The molecule has 0 aliphatic carbocycles. The molecule has 98 valence electrons. The van der Waals surface area contributed by atoms with Crippen molar-refractivity contribution in [3.63, 3.8) is 0 Å². The number of hydrogen-bond acceptors (Lipinski definition) is 3. The molecule has 5 nitrogen and oxygen atoms in total. The molecular formula is C13H14FN5. The lowest BCUT2D eigenvalue weighted by atomic mass is 10.2. The Hall–Kier alpha value is -2.37. The fourth-order valence-electron chi connectivity index (χ4n) is 2.09. The lowest BCUT2D eigenvalue weighted by molar-refractivity contribution is 0.603. The maximum absolute atomic E-state index is 13.2. The third kappa shape index (κ3) is 1.95. The summed E-state index contributed by atoms with van der Waals surface area (Å²) in [6.45, 7) is 2.94. The Morgan fingerprint density at radius 2 is 2.16 bits per heavy atom. The van der Waals surface area contributed by atoms with Crippen LogP contribution in [0.2, 0.25) is 0 Å². The highest BCUT2D eigenvalue weighted by molar-refractivity contribution is 5.74. The number of nitrogens with two attached hydrogens (primary N) is 1. The van der Waals surface area contributed by atoms with Crippen LogP contribution in [0.1, 0.15) is 13.3 Å². The van der Waals surface area contributed by atoms with E-state index in [1.807, 2.05) is 10.9 Å². The standard InChI is InChI=1S/C13H14FN5/c1-2-5-18-7-9(6-16-18)12-13(15)19-8-10(14)3-4-11(19)17-12/h3-4,6-8H,2,5,15H2,1H3.